The Bertz CT molecular complexity index is 366. The first kappa shape index (κ1) is 10.8. The van der Waals surface area contributed by atoms with Gasteiger partial charge in [0.05, 0.1) is 16.8 Å². The maximum absolute atomic E-state index is 5.79. The number of methoxy groups -OCH3 is 1. The highest BCUT2D eigenvalue weighted by Crippen LogP contribution is 2.32. The van der Waals surface area contributed by atoms with Crippen LogP contribution in [0.15, 0.2) is 4.47 Å². The molecule has 0 unspecified atom stereocenters. The third-order valence-electron chi connectivity index (χ3n) is 2.44. The first-order valence-electron chi connectivity index (χ1n) is 5.00. The number of anilines is 1. The molecule has 1 aliphatic rings. The monoisotopic (exact) mass is 271 g/mol. The van der Waals surface area contributed by atoms with Crippen LogP contribution in [0.2, 0.25) is 0 Å². The van der Waals surface area contributed by atoms with Gasteiger partial charge < -0.3 is 10.5 Å². The summed E-state index contributed by atoms with van der Waals surface area (Å²) < 4.78 is 5.82. The van der Waals surface area contributed by atoms with Crippen LogP contribution in [0.25, 0.3) is 0 Å². The zero-order chi connectivity index (χ0) is 10.8. The third kappa shape index (κ3) is 2.66. The molecule has 0 aromatic carbocycles. The molecule has 0 bridgehead atoms. The molecular formula is C10H14BrN3O. The first-order valence-corrected chi connectivity index (χ1v) is 5.79. The van der Waals surface area contributed by atoms with Crippen molar-refractivity contribution in [1.29, 1.82) is 0 Å². The smallest absolute Gasteiger partial charge is 0.141 e. The van der Waals surface area contributed by atoms with E-state index in [9.17, 15) is 0 Å². The van der Waals surface area contributed by atoms with Gasteiger partial charge in [0.25, 0.3) is 0 Å². The first-order chi connectivity index (χ1) is 7.20. The lowest BCUT2D eigenvalue weighted by Crippen LogP contribution is -2.07. The molecule has 4 nitrogen and oxygen atoms in total. The lowest BCUT2D eigenvalue weighted by atomic mass is 10.2. The third-order valence-corrected chi connectivity index (χ3v) is 3.30. The van der Waals surface area contributed by atoms with Crippen molar-refractivity contribution in [1.82, 2.24) is 9.97 Å². The Balaban J connectivity index is 2.23. The molecule has 82 valence electrons. The summed E-state index contributed by atoms with van der Waals surface area (Å²) in [6.07, 6.45) is 3.52. The minimum atomic E-state index is 0.463. The number of halogens is 1. The van der Waals surface area contributed by atoms with Gasteiger partial charge in [-0.2, -0.15) is 0 Å². The van der Waals surface area contributed by atoms with Crippen LogP contribution in [-0.2, 0) is 17.8 Å². The van der Waals surface area contributed by atoms with Crippen molar-refractivity contribution in [2.24, 2.45) is 5.92 Å². The van der Waals surface area contributed by atoms with Crippen LogP contribution in [0.4, 0.5) is 5.82 Å². The Kier molecular flexibility index (Phi) is 3.21. The van der Waals surface area contributed by atoms with E-state index in [1.807, 2.05) is 0 Å². The molecule has 5 heteroatoms. The highest BCUT2D eigenvalue weighted by Gasteiger charge is 2.23. The van der Waals surface area contributed by atoms with Crippen molar-refractivity contribution < 1.29 is 4.74 Å². The highest BCUT2D eigenvalue weighted by molar-refractivity contribution is 9.10. The molecule has 1 heterocycles. The molecule has 15 heavy (non-hydrogen) atoms. The van der Waals surface area contributed by atoms with Crippen molar-refractivity contribution in [2.75, 3.05) is 12.8 Å². The molecule has 1 fully saturated rings. The van der Waals surface area contributed by atoms with Crippen LogP contribution in [0.1, 0.15) is 24.4 Å². The Hall–Kier alpha value is -0.680. The van der Waals surface area contributed by atoms with Gasteiger partial charge in [0.15, 0.2) is 0 Å². The van der Waals surface area contributed by atoms with Crippen LogP contribution < -0.4 is 5.73 Å². The van der Waals surface area contributed by atoms with Gasteiger partial charge in [-0.3, -0.25) is 0 Å². The Morgan fingerprint density at radius 2 is 2.20 bits per heavy atom. The quantitative estimate of drug-likeness (QED) is 0.909. The van der Waals surface area contributed by atoms with E-state index < -0.39 is 0 Å². The normalized spacial score (nSPS) is 15.6. The summed E-state index contributed by atoms with van der Waals surface area (Å²) >= 11 is 3.37. The number of nitrogen functional groups attached to an aromatic ring is 1. The molecule has 0 saturated heterocycles. The number of nitrogens with two attached hydrogens (primary N) is 1. The van der Waals surface area contributed by atoms with Crippen molar-refractivity contribution >= 4 is 21.7 Å². The average molecular weight is 272 g/mol. The molecule has 0 atom stereocenters. The van der Waals surface area contributed by atoms with E-state index in [1.165, 1.54) is 12.8 Å². The number of hydrogen-bond donors (Lipinski definition) is 1. The van der Waals surface area contributed by atoms with Gasteiger partial charge in [0, 0.05) is 13.5 Å². The van der Waals surface area contributed by atoms with Gasteiger partial charge in [-0.05, 0) is 34.7 Å². The number of nitrogens with zero attached hydrogens (tertiary/aromatic N) is 2. The zero-order valence-electron chi connectivity index (χ0n) is 8.66. The second-order valence-electron chi connectivity index (χ2n) is 3.87. The van der Waals surface area contributed by atoms with Gasteiger partial charge in [-0.25, -0.2) is 9.97 Å². The van der Waals surface area contributed by atoms with Gasteiger partial charge in [0.1, 0.15) is 11.6 Å². The fourth-order valence-corrected chi connectivity index (χ4v) is 1.76. The number of hydrogen-bond acceptors (Lipinski definition) is 4. The van der Waals surface area contributed by atoms with E-state index in [0.29, 0.717) is 12.4 Å². The van der Waals surface area contributed by atoms with Crippen molar-refractivity contribution in [3.63, 3.8) is 0 Å². The molecule has 0 radical (unpaired) electrons. The summed E-state index contributed by atoms with van der Waals surface area (Å²) in [6.45, 7) is 0.463. The molecule has 2 N–H and O–H groups in total. The number of aromatic nitrogens is 2. The molecular weight excluding hydrogens is 258 g/mol. The molecule has 1 aromatic rings. The Morgan fingerprint density at radius 1 is 1.47 bits per heavy atom. The molecule has 1 aromatic heterocycles. The lowest BCUT2D eigenvalue weighted by Gasteiger charge is -2.07. The summed E-state index contributed by atoms with van der Waals surface area (Å²) in [4.78, 5) is 8.70. The van der Waals surface area contributed by atoms with E-state index in [4.69, 9.17) is 10.5 Å². The van der Waals surface area contributed by atoms with E-state index in [1.54, 1.807) is 7.11 Å². The maximum atomic E-state index is 5.79. The summed E-state index contributed by atoms with van der Waals surface area (Å²) in [5, 5.41) is 0. The summed E-state index contributed by atoms with van der Waals surface area (Å²) in [6, 6.07) is 0. The van der Waals surface area contributed by atoms with Gasteiger partial charge >= 0.3 is 0 Å². The van der Waals surface area contributed by atoms with Crippen LogP contribution in [0, 0.1) is 5.92 Å². The lowest BCUT2D eigenvalue weighted by molar-refractivity contribution is 0.180. The van der Waals surface area contributed by atoms with Crippen LogP contribution in [-0.4, -0.2) is 17.1 Å². The minimum absolute atomic E-state index is 0.463. The van der Waals surface area contributed by atoms with E-state index in [0.717, 1.165) is 28.3 Å². The molecule has 1 aliphatic carbocycles. The molecule has 2 rings (SSSR count). The van der Waals surface area contributed by atoms with Gasteiger partial charge in [-0.15, -0.1) is 0 Å². The SMILES string of the molecule is COCc1nc(CC2CC2)nc(N)c1Br. The van der Waals surface area contributed by atoms with Crippen molar-refractivity contribution in [3.05, 3.63) is 16.0 Å². The van der Waals surface area contributed by atoms with Crippen LogP contribution >= 0.6 is 15.9 Å². The summed E-state index contributed by atoms with van der Waals surface area (Å²) in [7, 11) is 1.64. The Labute approximate surface area is 97.4 Å². The number of ether oxygens (including phenoxy) is 1. The highest BCUT2D eigenvalue weighted by atomic mass is 79.9. The van der Waals surface area contributed by atoms with E-state index >= 15 is 0 Å². The predicted octanol–water partition coefficient (Wildman–Crippen LogP) is 1.92. The standard InChI is InChI=1S/C10H14BrN3O/c1-15-5-7-9(11)10(12)14-8(13-7)4-6-2-3-6/h6H,2-5H2,1H3,(H2,12,13,14). The second kappa shape index (κ2) is 4.45. The summed E-state index contributed by atoms with van der Waals surface area (Å²) in [5.74, 6) is 2.11. The largest absolute Gasteiger partial charge is 0.383 e. The molecule has 0 amide bonds. The predicted molar refractivity (Wildman–Crippen MR) is 61.3 cm³/mol. The fraction of sp³-hybridized carbons (Fsp3) is 0.600. The van der Waals surface area contributed by atoms with Crippen LogP contribution in [0.3, 0.4) is 0 Å². The summed E-state index contributed by atoms with van der Waals surface area (Å²) in [5.41, 5.74) is 6.63. The van der Waals surface area contributed by atoms with Crippen molar-refractivity contribution in [3.8, 4) is 0 Å². The molecule has 0 spiro atoms. The van der Waals surface area contributed by atoms with Gasteiger partial charge in [0.2, 0.25) is 0 Å². The van der Waals surface area contributed by atoms with Crippen molar-refractivity contribution in [2.45, 2.75) is 25.9 Å². The Morgan fingerprint density at radius 3 is 2.80 bits per heavy atom. The molecule has 0 aliphatic heterocycles. The fourth-order valence-electron chi connectivity index (χ4n) is 1.47. The van der Waals surface area contributed by atoms with E-state index in [2.05, 4.69) is 25.9 Å². The topological polar surface area (TPSA) is 61.0 Å². The average Bonchev–Trinajstić information content (AvgIpc) is 2.98. The maximum Gasteiger partial charge on any atom is 0.141 e. The van der Waals surface area contributed by atoms with E-state index in [-0.39, 0.29) is 0 Å². The van der Waals surface area contributed by atoms with Crippen LogP contribution in [0.5, 0.6) is 0 Å². The number of rotatable bonds is 4. The molecule has 1 saturated carbocycles. The minimum Gasteiger partial charge on any atom is -0.383 e. The van der Waals surface area contributed by atoms with Gasteiger partial charge in [-0.1, -0.05) is 0 Å². The zero-order valence-corrected chi connectivity index (χ0v) is 10.2. The second-order valence-corrected chi connectivity index (χ2v) is 4.66.